The topological polar surface area (TPSA) is 63.9 Å². The Kier molecular flexibility index (Phi) is 5.74. The largest absolute Gasteiger partial charge is 0.391 e. The van der Waals surface area contributed by atoms with Crippen molar-refractivity contribution in [1.29, 1.82) is 0 Å². The third kappa shape index (κ3) is 4.13. The number of halogens is 3. The van der Waals surface area contributed by atoms with Crippen LogP contribution < -0.4 is 0 Å². The summed E-state index contributed by atoms with van der Waals surface area (Å²) in [5, 5.41) is 29.2. The molecule has 0 aromatic heterocycles. The minimum Gasteiger partial charge on any atom is -0.389 e. The van der Waals surface area contributed by atoms with Crippen LogP contribution in [0.25, 0.3) is 0 Å². The number of aliphatic hydroxyl groups excluding tert-OH is 3. The normalized spacial score (nSPS) is 41.6. The first-order valence-electron chi connectivity index (χ1n) is 8.05. The molecule has 130 valence electrons. The van der Waals surface area contributed by atoms with Crippen LogP contribution in [0.1, 0.15) is 39.0 Å². The molecule has 1 saturated heterocycles. The second kappa shape index (κ2) is 7.03. The number of aliphatic hydroxyl groups is 3. The summed E-state index contributed by atoms with van der Waals surface area (Å²) in [6.45, 7) is 2.71. The predicted molar refractivity (Wildman–Crippen MR) is 75.2 cm³/mol. The van der Waals surface area contributed by atoms with Gasteiger partial charge in [0.25, 0.3) is 0 Å². The van der Waals surface area contributed by atoms with Crippen molar-refractivity contribution in [2.45, 2.75) is 69.6 Å². The Balaban J connectivity index is 1.77. The Labute approximate surface area is 128 Å². The van der Waals surface area contributed by atoms with Crippen molar-refractivity contribution in [2.24, 2.45) is 11.8 Å². The Bertz CT molecular complexity index is 358. The van der Waals surface area contributed by atoms with E-state index in [1.54, 1.807) is 6.92 Å². The van der Waals surface area contributed by atoms with Crippen molar-refractivity contribution in [1.82, 2.24) is 4.90 Å². The van der Waals surface area contributed by atoms with Gasteiger partial charge in [-0.15, -0.1) is 0 Å². The average molecular weight is 325 g/mol. The number of nitrogens with zero attached hydrogens (tertiary/aromatic N) is 1. The Hall–Kier alpha value is -0.370. The van der Waals surface area contributed by atoms with Crippen molar-refractivity contribution in [2.75, 3.05) is 13.1 Å². The zero-order valence-electron chi connectivity index (χ0n) is 12.8. The van der Waals surface area contributed by atoms with Crippen molar-refractivity contribution in [3.05, 3.63) is 0 Å². The summed E-state index contributed by atoms with van der Waals surface area (Å²) in [5.41, 5.74) is 0. The van der Waals surface area contributed by atoms with Crippen molar-refractivity contribution in [3.8, 4) is 0 Å². The first-order valence-corrected chi connectivity index (χ1v) is 8.05. The molecule has 0 aromatic carbocycles. The molecule has 22 heavy (non-hydrogen) atoms. The highest BCUT2D eigenvalue weighted by Crippen LogP contribution is 2.40. The van der Waals surface area contributed by atoms with Crippen LogP contribution in [0.2, 0.25) is 0 Å². The Morgan fingerprint density at radius 1 is 1.00 bits per heavy atom. The van der Waals surface area contributed by atoms with Gasteiger partial charge in [-0.05, 0) is 51.5 Å². The van der Waals surface area contributed by atoms with Gasteiger partial charge in [0, 0.05) is 12.6 Å². The SMILES string of the molecule is C[C@@H]1[C@@H](O)[C@H](O)[C@@H](O)CN1CCC1CCC(C(F)(F)F)CC1. The smallest absolute Gasteiger partial charge is 0.389 e. The fourth-order valence-electron chi connectivity index (χ4n) is 3.67. The molecule has 1 saturated carbocycles. The zero-order chi connectivity index (χ0) is 16.5. The number of likely N-dealkylation sites (tertiary alicyclic amines) is 1. The summed E-state index contributed by atoms with van der Waals surface area (Å²) in [7, 11) is 0. The molecule has 2 rings (SSSR count). The molecule has 7 heteroatoms. The van der Waals surface area contributed by atoms with Crippen LogP contribution in [0.3, 0.4) is 0 Å². The maximum Gasteiger partial charge on any atom is 0.391 e. The van der Waals surface area contributed by atoms with Gasteiger partial charge in [0.1, 0.15) is 6.10 Å². The average Bonchev–Trinajstić information content (AvgIpc) is 2.47. The van der Waals surface area contributed by atoms with E-state index >= 15 is 0 Å². The van der Waals surface area contributed by atoms with E-state index in [2.05, 4.69) is 0 Å². The zero-order valence-corrected chi connectivity index (χ0v) is 12.8. The van der Waals surface area contributed by atoms with E-state index in [-0.39, 0.29) is 31.3 Å². The fraction of sp³-hybridized carbons (Fsp3) is 1.00. The number of hydrogen-bond donors (Lipinski definition) is 3. The molecule has 0 spiro atoms. The number of rotatable bonds is 3. The molecule has 3 N–H and O–H groups in total. The number of alkyl halides is 3. The molecule has 4 nitrogen and oxygen atoms in total. The number of hydrogen-bond acceptors (Lipinski definition) is 4. The second-order valence-electron chi connectivity index (χ2n) is 6.83. The maximum absolute atomic E-state index is 12.6. The molecule has 1 aliphatic carbocycles. The quantitative estimate of drug-likeness (QED) is 0.736. The highest BCUT2D eigenvalue weighted by atomic mass is 19.4. The molecule has 2 fully saturated rings. The van der Waals surface area contributed by atoms with Gasteiger partial charge in [0.2, 0.25) is 0 Å². The first-order chi connectivity index (χ1) is 10.2. The second-order valence-corrected chi connectivity index (χ2v) is 6.83. The van der Waals surface area contributed by atoms with Crippen LogP contribution in [0.5, 0.6) is 0 Å². The Morgan fingerprint density at radius 3 is 2.14 bits per heavy atom. The van der Waals surface area contributed by atoms with Gasteiger partial charge < -0.3 is 15.3 Å². The predicted octanol–water partition coefficient (Wildman–Crippen LogP) is 1.53. The summed E-state index contributed by atoms with van der Waals surface area (Å²) in [5.74, 6) is -0.886. The summed E-state index contributed by atoms with van der Waals surface area (Å²) in [6, 6.07) is -0.259. The van der Waals surface area contributed by atoms with Gasteiger partial charge in [0.05, 0.1) is 18.1 Å². The number of piperidine rings is 1. The van der Waals surface area contributed by atoms with Gasteiger partial charge >= 0.3 is 6.18 Å². The summed E-state index contributed by atoms with van der Waals surface area (Å²) >= 11 is 0. The van der Waals surface area contributed by atoms with Crippen LogP contribution in [-0.4, -0.2) is 63.8 Å². The Morgan fingerprint density at radius 2 is 1.59 bits per heavy atom. The molecule has 2 aliphatic rings. The highest BCUT2D eigenvalue weighted by molar-refractivity contribution is 4.92. The molecule has 0 aromatic rings. The monoisotopic (exact) mass is 325 g/mol. The molecular weight excluding hydrogens is 299 g/mol. The molecular formula is C15H26F3NO3. The van der Waals surface area contributed by atoms with E-state index < -0.39 is 30.4 Å². The molecule has 0 amide bonds. The van der Waals surface area contributed by atoms with E-state index in [0.717, 1.165) is 6.42 Å². The number of β-amino-alcohol motifs (C(OH)–C–C–N with tert-alkyl or cyclic N) is 1. The first kappa shape index (κ1) is 18.0. The van der Waals surface area contributed by atoms with E-state index in [9.17, 15) is 28.5 Å². The highest BCUT2D eigenvalue weighted by Gasteiger charge is 2.42. The molecule has 0 bridgehead atoms. The van der Waals surface area contributed by atoms with Crippen LogP contribution in [-0.2, 0) is 0 Å². The summed E-state index contributed by atoms with van der Waals surface area (Å²) in [4.78, 5) is 1.91. The third-order valence-corrected chi connectivity index (χ3v) is 5.37. The van der Waals surface area contributed by atoms with Crippen molar-refractivity contribution >= 4 is 0 Å². The van der Waals surface area contributed by atoms with E-state index in [1.165, 1.54) is 0 Å². The van der Waals surface area contributed by atoms with Crippen LogP contribution >= 0.6 is 0 Å². The van der Waals surface area contributed by atoms with Gasteiger partial charge in [-0.25, -0.2) is 0 Å². The third-order valence-electron chi connectivity index (χ3n) is 5.37. The van der Waals surface area contributed by atoms with E-state index in [4.69, 9.17) is 0 Å². The van der Waals surface area contributed by atoms with Gasteiger partial charge in [-0.2, -0.15) is 13.2 Å². The van der Waals surface area contributed by atoms with E-state index in [0.29, 0.717) is 19.4 Å². The molecule has 0 radical (unpaired) electrons. The summed E-state index contributed by atoms with van der Waals surface area (Å²) in [6.07, 6.45) is -4.84. The maximum atomic E-state index is 12.6. The lowest BCUT2D eigenvalue weighted by molar-refractivity contribution is -0.184. The van der Waals surface area contributed by atoms with Crippen LogP contribution in [0, 0.1) is 11.8 Å². The van der Waals surface area contributed by atoms with E-state index in [1.807, 2.05) is 4.90 Å². The fourth-order valence-corrected chi connectivity index (χ4v) is 3.67. The standard InChI is InChI=1S/C15H26F3NO3/c1-9-13(21)14(22)12(20)8-19(9)7-6-10-2-4-11(5-3-10)15(16,17)18/h9-14,20-22H,2-8H2,1H3/t9-,10?,11?,12+,13-,14-/m1/s1. The molecule has 0 unspecified atom stereocenters. The molecule has 4 atom stereocenters. The minimum atomic E-state index is -4.07. The van der Waals surface area contributed by atoms with Crippen LogP contribution in [0.15, 0.2) is 0 Å². The van der Waals surface area contributed by atoms with Crippen molar-refractivity contribution in [3.63, 3.8) is 0 Å². The van der Waals surface area contributed by atoms with Crippen LogP contribution in [0.4, 0.5) is 13.2 Å². The van der Waals surface area contributed by atoms with Crippen molar-refractivity contribution < 1.29 is 28.5 Å². The lowest BCUT2D eigenvalue weighted by Gasteiger charge is -2.43. The summed E-state index contributed by atoms with van der Waals surface area (Å²) < 4.78 is 37.9. The minimum absolute atomic E-state index is 0.202. The van der Waals surface area contributed by atoms with Gasteiger partial charge in [-0.3, -0.25) is 4.90 Å². The lowest BCUT2D eigenvalue weighted by atomic mass is 9.80. The van der Waals surface area contributed by atoms with Gasteiger partial charge in [0.15, 0.2) is 0 Å². The molecule has 1 heterocycles. The lowest BCUT2D eigenvalue weighted by Crippen LogP contribution is -2.60. The molecule has 1 aliphatic heterocycles. The van der Waals surface area contributed by atoms with Gasteiger partial charge in [-0.1, -0.05) is 0 Å².